The minimum Gasteiger partial charge on any atom is -0.462 e. The number of ether oxygens (including phenoxy) is 4. The van der Waals surface area contributed by atoms with Gasteiger partial charge < -0.3 is 35.1 Å². The van der Waals surface area contributed by atoms with Gasteiger partial charge in [-0.05, 0) is 97.7 Å². The number of aliphatic hydroxyl groups excluding tert-OH is 1. The first kappa shape index (κ1) is 42.3. The van der Waals surface area contributed by atoms with Crippen molar-refractivity contribution in [3.8, 4) is 0 Å². The summed E-state index contributed by atoms with van der Waals surface area (Å²) in [6, 6.07) is 7.05. The second kappa shape index (κ2) is 26.8. The third-order valence-corrected chi connectivity index (χ3v) is 5.07. The maximum Gasteiger partial charge on any atom is 0.347 e. The van der Waals surface area contributed by atoms with E-state index in [0.717, 1.165) is 4.60 Å². The molecule has 0 aliphatic rings. The maximum atomic E-state index is 11.7. The molecule has 0 unspecified atom stereocenters. The average Bonchev–Trinajstić information content (AvgIpc) is 2.98. The maximum absolute atomic E-state index is 11.7. The normalized spacial score (nSPS) is 9.02. The van der Waals surface area contributed by atoms with Crippen LogP contribution >= 0.6 is 31.9 Å². The minimum atomic E-state index is -0.733. The number of hydrogen-bond donors (Lipinski definition) is 3. The predicted molar refractivity (Wildman–Crippen MR) is 173 cm³/mol. The summed E-state index contributed by atoms with van der Waals surface area (Å²) in [4.78, 5) is 53.4. The summed E-state index contributed by atoms with van der Waals surface area (Å²) in [5.74, 6) is -2.74. The highest BCUT2D eigenvalue weighted by molar-refractivity contribution is 9.10. The van der Waals surface area contributed by atoms with E-state index >= 15 is 0 Å². The molecule has 13 nitrogen and oxygen atoms in total. The van der Waals surface area contributed by atoms with E-state index in [1.807, 2.05) is 0 Å². The van der Waals surface area contributed by atoms with Crippen LogP contribution in [0.15, 0.2) is 69.3 Å². The van der Waals surface area contributed by atoms with E-state index < -0.39 is 23.9 Å². The molecule has 2 heterocycles. The van der Waals surface area contributed by atoms with E-state index in [-0.39, 0.29) is 44.2 Å². The number of carbonyl (C=O) groups excluding carboxylic acids is 4. The summed E-state index contributed by atoms with van der Waals surface area (Å²) in [6.07, 6.45) is 5.79. The molecule has 4 N–H and O–H groups in total. The van der Waals surface area contributed by atoms with Crippen LogP contribution in [-0.2, 0) is 38.1 Å². The SMILES string of the molecule is CC=C(C(=O)OCC)C(=O)OCC.CCO.CCOC(=O)C(=CNc1ccc(Br)nc1)C(=O)OCC.Nc1ccc(Br)nc1. The van der Waals surface area contributed by atoms with Crippen LogP contribution in [-0.4, -0.2) is 72.0 Å². The summed E-state index contributed by atoms with van der Waals surface area (Å²) < 4.78 is 20.4. The Labute approximate surface area is 274 Å². The summed E-state index contributed by atoms with van der Waals surface area (Å²) in [7, 11) is 0. The Morgan fingerprint density at radius 1 is 0.750 bits per heavy atom. The number of rotatable bonds is 10. The number of anilines is 2. The van der Waals surface area contributed by atoms with Crippen molar-refractivity contribution >= 4 is 67.1 Å². The Morgan fingerprint density at radius 2 is 1.14 bits per heavy atom. The molecule has 0 spiro atoms. The highest BCUT2D eigenvalue weighted by Gasteiger charge is 2.21. The zero-order valence-electron chi connectivity index (χ0n) is 25.6. The number of aliphatic hydroxyl groups is 1. The first-order chi connectivity index (χ1) is 20.9. The molecule has 0 fully saturated rings. The van der Waals surface area contributed by atoms with Gasteiger partial charge in [0, 0.05) is 12.8 Å². The zero-order chi connectivity index (χ0) is 33.9. The highest BCUT2D eigenvalue weighted by Crippen LogP contribution is 2.12. The van der Waals surface area contributed by atoms with Gasteiger partial charge in [0.1, 0.15) is 14.8 Å². The Bertz CT molecular complexity index is 1130. The fourth-order valence-electron chi connectivity index (χ4n) is 2.36. The van der Waals surface area contributed by atoms with Gasteiger partial charge in [0.15, 0.2) is 5.57 Å². The first-order valence-corrected chi connectivity index (χ1v) is 14.9. The number of nitrogen functional groups attached to an aromatic ring is 1. The first-order valence-electron chi connectivity index (χ1n) is 13.4. The molecule has 244 valence electrons. The molecular formula is C29H40Br2N4O9. The molecule has 44 heavy (non-hydrogen) atoms. The third kappa shape index (κ3) is 20.1. The topological polar surface area (TPSA) is 189 Å². The van der Waals surface area contributed by atoms with Crippen LogP contribution in [0.3, 0.4) is 0 Å². The van der Waals surface area contributed by atoms with Crippen LogP contribution in [0.4, 0.5) is 11.4 Å². The molecule has 2 aromatic rings. The molecule has 0 saturated carbocycles. The van der Waals surface area contributed by atoms with E-state index in [0.29, 0.717) is 16.0 Å². The Hall–Kier alpha value is -3.82. The number of nitrogens with two attached hydrogens (primary N) is 1. The summed E-state index contributed by atoms with van der Waals surface area (Å²) in [5, 5.41) is 10.4. The van der Waals surface area contributed by atoms with E-state index in [4.69, 9.17) is 20.3 Å². The molecule has 0 bridgehead atoms. The molecule has 0 aliphatic carbocycles. The van der Waals surface area contributed by atoms with Crippen molar-refractivity contribution in [1.29, 1.82) is 0 Å². The number of nitrogens with zero attached hydrogens (tertiary/aromatic N) is 2. The van der Waals surface area contributed by atoms with Crippen molar-refractivity contribution in [1.82, 2.24) is 9.97 Å². The van der Waals surface area contributed by atoms with Crippen molar-refractivity contribution in [2.45, 2.75) is 41.5 Å². The fraction of sp³-hybridized carbons (Fsp3) is 0.379. The quantitative estimate of drug-likeness (QED) is 0.0755. The van der Waals surface area contributed by atoms with E-state index in [1.165, 1.54) is 12.3 Å². The number of aromatic nitrogens is 2. The molecule has 0 aliphatic heterocycles. The van der Waals surface area contributed by atoms with Crippen LogP contribution in [0.5, 0.6) is 0 Å². The Kier molecular flexibility index (Phi) is 25.8. The number of pyridine rings is 2. The summed E-state index contributed by atoms with van der Waals surface area (Å²) >= 11 is 6.39. The number of halogens is 2. The summed E-state index contributed by atoms with van der Waals surface area (Å²) in [5.41, 5.74) is 6.41. The van der Waals surface area contributed by atoms with Gasteiger partial charge in [-0.3, -0.25) is 0 Å². The molecule has 2 rings (SSSR count). The number of nitrogens with one attached hydrogen (secondary N) is 1. The molecule has 0 atom stereocenters. The Balaban J connectivity index is 0. The van der Waals surface area contributed by atoms with Gasteiger partial charge in [-0.15, -0.1) is 0 Å². The fourth-order valence-corrected chi connectivity index (χ4v) is 2.83. The smallest absolute Gasteiger partial charge is 0.347 e. The second-order valence-corrected chi connectivity index (χ2v) is 9.01. The van der Waals surface area contributed by atoms with E-state index in [2.05, 4.69) is 56.6 Å². The molecular weight excluding hydrogens is 708 g/mol. The van der Waals surface area contributed by atoms with Gasteiger partial charge in [-0.2, -0.15) is 0 Å². The van der Waals surface area contributed by atoms with Crippen LogP contribution in [0, 0.1) is 0 Å². The van der Waals surface area contributed by atoms with Crippen molar-refractivity contribution in [3.63, 3.8) is 0 Å². The van der Waals surface area contributed by atoms with Crippen LogP contribution in [0.2, 0.25) is 0 Å². The Morgan fingerprint density at radius 3 is 1.43 bits per heavy atom. The minimum absolute atomic E-state index is 0.0521. The van der Waals surface area contributed by atoms with Crippen molar-refractivity contribution < 1.29 is 43.2 Å². The molecule has 2 aromatic heterocycles. The van der Waals surface area contributed by atoms with Crippen molar-refractivity contribution in [2.24, 2.45) is 0 Å². The monoisotopic (exact) mass is 746 g/mol. The van der Waals surface area contributed by atoms with E-state index in [9.17, 15) is 19.2 Å². The zero-order valence-corrected chi connectivity index (χ0v) is 28.8. The molecule has 0 amide bonds. The lowest BCUT2D eigenvalue weighted by atomic mass is 10.2. The van der Waals surface area contributed by atoms with Gasteiger partial charge in [-0.1, -0.05) is 6.08 Å². The molecule has 0 aromatic carbocycles. The lowest BCUT2D eigenvalue weighted by Crippen LogP contribution is -2.19. The molecule has 0 saturated heterocycles. The lowest BCUT2D eigenvalue weighted by Gasteiger charge is -2.07. The van der Waals surface area contributed by atoms with Crippen LogP contribution in [0.25, 0.3) is 0 Å². The van der Waals surface area contributed by atoms with E-state index in [1.54, 1.807) is 78.2 Å². The third-order valence-electron chi connectivity index (χ3n) is 4.13. The van der Waals surface area contributed by atoms with Crippen LogP contribution < -0.4 is 11.1 Å². The number of esters is 4. The average molecular weight is 748 g/mol. The van der Waals surface area contributed by atoms with Gasteiger partial charge >= 0.3 is 23.9 Å². The van der Waals surface area contributed by atoms with Crippen molar-refractivity contribution in [3.05, 3.63) is 69.3 Å². The molecule has 15 heteroatoms. The van der Waals surface area contributed by atoms with Gasteiger partial charge in [-0.25, -0.2) is 29.1 Å². The number of allylic oxidation sites excluding steroid dienone is 1. The molecule has 0 radical (unpaired) electrons. The highest BCUT2D eigenvalue weighted by atomic mass is 79.9. The van der Waals surface area contributed by atoms with Crippen molar-refractivity contribution in [2.75, 3.05) is 44.1 Å². The standard InChI is InChI=1S/C13H15BrN2O4.C9H14O4.C5H5BrN2.C2H6O/c1-3-19-12(17)10(13(18)20-4-2)8-15-9-5-6-11(14)16-7-9;1-4-7(8(10)12-5-2)9(11)13-6-3;6-5-2-1-4(7)3-8-5;1-2-3/h5-8,15H,3-4H2,1-2H3;4H,5-6H2,1-3H3;1-3H,7H2;3H,2H2,1H3. The largest absolute Gasteiger partial charge is 0.462 e. The predicted octanol–water partition coefficient (Wildman–Crippen LogP) is 4.75. The van der Waals surface area contributed by atoms with Gasteiger partial charge in [0.25, 0.3) is 0 Å². The van der Waals surface area contributed by atoms with Gasteiger partial charge in [0.05, 0.1) is 50.2 Å². The number of carbonyl (C=O) groups is 4. The summed E-state index contributed by atoms with van der Waals surface area (Å²) in [6.45, 7) is 11.0. The lowest BCUT2D eigenvalue weighted by molar-refractivity contribution is -0.148. The second-order valence-electron chi connectivity index (χ2n) is 7.39. The van der Waals surface area contributed by atoms with Gasteiger partial charge in [0.2, 0.25) is 0 Å². The van der Waals surface area contributed by atoms with Crippen LogP contribution in [0.1, 0.15) is 41.5 Å². The number of hydrogen-bond acceptors (Lipinski definition) is 13.